The van der Waals surface area contributed by atoms with Gasteiger partial charge in [-0.15, -0.1) is 13.2 Å². The maximum Gasteiger partial charge on any atom is 0.522 e. The molecule has 0 bridgehead atoms. The molecule has 1 aliphatic heterocycles. The van der Waals surface area contributed by atoms with Crippen molar-refractivity contribution in [3.05, 3.63) is 0 Å². The van der Waals surface area contributed by atoms with Gasteiger partial charge < -0.3 is 4.74 Å². The van der Waals surface area contributed by atoms with Crippen molar-refractivity contribution < 1.29 is 22.6 Å². The number of halogens is 3. The normalized spacial score (nSPS) is 28.0. The second kappa shape index (κ2) is 6.21. The number of hydrogen-bond donors (Lipinski definition) is 0. The summed E-state index contributed by atoms with van der Waals surface area (Å²) in [4.78, 5) is 1.99. The molecule has 1 saturated heterocycles. The van der Waals surface area contributed by atoms with E-state index in [9.17, 15) is 13.2 Å². The average molecular weight is 269 g/mol. The summed E-state index contributed by atoms with van der Waals surface area (Å²) in [5, 5.41) is 0. The molecule has 0 aromatic rings. The van der Waals surface area contributed by atoms with Gasteiger partial charge in [-0.1, -0.05) is 6.92 Å². The molecule has 1 aliphatic rings. The topological polar surface area (TPSA) is 21.7 Å². The van der Waals surface area contributed by atoms with Crippen LogP contribution in [-0.4, -0.2) is 48.7 Å². The molecule has 0 unspecified atom stereocenters. The molecule has 6 heteroatoms. The summed E-state index contributed by atoms with van der Waals surface area (Å²) in [6.07, 6.45) is -5.00. The Kier molecular flexibility index (Phi) is 5.43. The summed E-state index contributed by atoms with van der Waals surface area (Å²) in [5.41, 5.74) is 0. The zero-order chi connectivity index (χ0) is 13.9. The molecule has 3 nitrogen and oxygen atoms in total. The molecule has 3 atom stereocenters. The molecule has 0 aliphatic carbocycles. The van der Waals surface area contributed by atoms with Crippen molar-refractivity contribution in [2.24, 2.45) is 0 Å². The summed E-state index contributed by atoms with van der Waals surface area (Å²) in [7, 11) is 0. The molecule has 0 saturated carbocycles. The van der Waals surface area contributed by atoms with Crippen molar-refractivity contribution in [1.82, 2.24) is 4.90 Å². The minimum atomic E-state index is -4.55. The molecule has 0 aromatic carbocycles. The zero-order valence-corrected chi connectivity index (χ0v) is 11.3. The summed E-state index contributed by atoms with van der Waals surface area (Å²) < 4.78 is 46.4. The van der Waals surface area contributed by atoms with Crippen LogP contribution in [0.1, 0.15) is 34.1 Å². The Morgan fingerprint density at radius 1 is 1.28 bits per heavy atom. The number of rotatable bonds is 5. The largest absolute Gasteiger partial charge is 0.522 e. The highest BCUT2D eigenvalue weighted by Crippen LogP contribution is 2.29. The molecule has 0 radical (unpaired) electrons. The van der Waals surface area contributed by atoms with E-state index in [0.717, 1.165) is 0 Å². The molecule has 18 heavy (non-hydrogen) atoms. The van der Waals surface area contributed by atoms with Crippen molar-refractivity contribution in [2.75, 3.05) is 13.1 Å². The molecule has 0 aromatic heterocycles. The number of likely N-dealkylation sites (N-methyl/N-ethyl adjacent to an activating group) is 1. The molecule has 0 N–H and O–H groups in total. The van der Waals surface area contributed by atoms with Gasteiger partial charge in [-0.05, 0) is 33.7 Å². The molecular formula is C12H22F3NO2. The summed E-state index contributed by atoms with van der Waals surface area (Å²) >= 11 is 0. The fraction of sp³-hybridized carbons (Fsp3) is 1.00. The van der Waals surface area contributed by atoms with E-state index < -0.39 is 12.5 Å². The third-order valence-electron chi connectivity index (χ3n) is 3.15. The van der Waals surface area contributed by atoms with Crippen molar-refractivity contribution in [2.45, 2.75) is 64.8 Å². The van der Waals surface area contributed by atoms with E-state index in [4.69, 9.17) is 4.74 Å². The van der Waals surface area contributed by atoms with E-state index >= 15 is 0 Å². The fourth-order valence-corrected chi connectivity index (χ4v) is 2.54. The first-order valence-corrected chi connectivity index (χ1v) is 6.37. The fourth-order valence-electron chi connectivity index (χ4n) is 2.54. The first kappa shape index (κ1) is 15.7. The van der Waals surface area contributed by atoms with Crippen molar-refractivity contribution in [1.29, 1.82) is 0 Å². The molecule has 1 heterocycles. The number of hydrogen-bond acceptors (Lipinski definition) is 3. The van der Waals surface area contributed by atoms with Crippen molar-refractivity contribution in [3.8, 4) is 0 Å². The number of ether oxygens (including phenoxy) is 2. The second-order valence-corrected chi connectivity index (χ2v) is 4.97. The van der Waals surface area contributed by atoms with Crippen LogP contribution in [0, 0.1) is 0 Å². The van der Waals surface area contributed by atoms with Gasteiger partial charge in [0.15, 0.2) is 0 Å². The van der Waals surface area contributed by atoms with Gasteiger partial charge in [0.05, 0.1) is 18.3 Å². The predicted molar refractivity (Wildman–Crippen MR) is 62.3 cm³/mol. The first-order valence-electron chi connectivity index (χ1n) is 6.37. The Balaban J connectivity index is 2.57. The van der Waals surface area contributed by atoms with Crippen LogP contribution in [0.3, 0.4) is 0 Å². The molecular weight excluding hydrogens is 247 g/mol. The summed E-state index contributed by atoms with van der Waals surface area (Å²) in [6.45, 7) is 8.70. The minimum Gasteiger partial charge on any atom is -0.374 e. The minimum absolute atomic E-state index is 0.00949. The van der Waals surface area contributed by atoms with E-state index in [1.807, 2.05) is 32.6 Å². The van der Waals surface area contributed by atoms with Crippen LogP contribution in [0.2, 0.25) is 0 Å². The van der Waals surface area contributed by atoms with E-state index in [0.29, 0.717) is 19.5 Å². The summed E-state index contributed by atoms with van der Waals surface area (Å²) in [5.74, 6) is 0. The van der Waals surface area contributed by atoms with Gasteiger partial charge in [0.2, 0.25) is 0 Å². The lowest BCUT2D eigenvalue weighted by Gasteiger charge is -2.29. The van der Waals surface area contributed by atoms with Crippen LogP contribution in [0.15, 0.2) is 0 Å². The van der Waals surface area contributed by atoms with Crippen molar-refractivity contribution >= 4 is 0 Å². The van der Waals surface area contributed by atoms with Crippen LogP contribution in [0.5, 0.6) is 0 Å². The maximum absolute atomic E-state index is 12.2. The SMILES string of the molecule is CCN1C[C@H](OC(F)(F)F)C[C@H]1[C@H](C)OC(C)C. The van der Waals surface area contributed by atoms with Crippen LogP contribution in [0.4, 0.5) is 13.2 Å². The standard InChI is InChI=1S/C12H22F3NO2/c1-5-16-7-10(18-12(13,14)15)6-11(16)9(4)17-8(2)3/h8-11H,5-7H2,1-4H3/t9-,10+,11-/m0/s1. The van der Waals surface area contributed by atoms with E-state index in [1.54, 1.807) is 0 Å². The molecule has 108 valence electrons. The lowest BCUT2D eigenvalue weighted by molar-refractivity contribution is -0.340. The summed E-state index contributed by atoms with van der Waals surface area (Å²) in [6, 6.07) is -0.00949. The van der Waals surface area contributed by atoms with E-state index in [-0.39, 0.29) is 18.2 Å². The maximum atomic E-state index is 12.2. The average Bonchev–Trinajstić information content (AvgIpc) is 2.57. The van der Waals surface area contributed by atoms with Crippen molar-refractivity contribution in [3.63, 3.8) is 0 Å². The van der Waals surface area contributed by atoms with Crippen LogP contribution >= 0.6 is 0 Å². The Morgan fingerprint density at radius 3 is 2.33 bits per heavy atom. The smallest absolute Gasteiger partial charge is 0.374 e. The van der Waals surface area contributed by atoms with Gasteiger partial charge >= 0.3 is 6.36 Å². The quantitative estimate of drug-likeness (QED) is 0.766. The monoisotopic (exact) mass is 269 g/mol. The first-order chi connectivity index (χ1) is 8.23. The van der Waals surface area contributed by atoms with Crippen LogP contribution in [0.25, 0.3) is 0 Å². The Hall–Kier alpha value is -0.330. The highest BCUT2D eigenvalue weighted by molar-refractivity contribution is 4.89. The Morgan fingerprint density at radius 2 is 1.89 bits per heavy atom. The second-order valence-electron chi connectivity index (χ2n) is 4.97. The molecule has 0 spiro atoms. The Labute approximate surface area is 106 Å². The highest BCUT2D eigenvalue weighted by Gasteiger charge is 2.41. The molecule has 1 rings (SSSR count). The third kappa shape index (κ3) is 4.74. The van der Waals surface area contributed by atoms with Crippen LogP contribution < -0.4 is 0 Å². The van der Waals surface area contributed by atoms with Crippen LogP contribution in [-0.2, 0) is 9.47 Å². The van der Waals surface area contributed by atoms with Gasteiger partial charge in [-0.3, -0.25) is 9.64 Å². The van der Waals surface area contributed by atoms with Gasteiger partial charge in [0.1, 0.15) is 0 Å². The highest BCUT2D eigenvalue weighted by atomic mass is 19.4. The van der Waals surface area contributed by atoms with E-state index in [1.165, 1.54) is 0 Å². The zero-order valence-electron chi connectivity index (χ0n) is 11.3. The predicted octanol–water partition coefficient (Wildman–Crippen LogP) is 2.80. The van der Waals surface area contributed by atoms with Gasteiger partial charge in [0.25, 0.3) is 0 Å². The third-order valence-corrected chi connectivity index (χ3v) is 3.15. The lowest BCUT2D eigenvalue weighted by Crippen LogP contribution is -2.39. The lowest BCUT2D eigenvalue weighted by atomic mass is 10.1. The molecule has 1 fully saturated rings. The number of alkyl halides is 3. The van der Waals surface area contributed by atoms with Gasteiger partial charge in [0, 0.05) is 12.6 Å². The number of likely N-dealkylation sites (tertiary alicyclic amines) is 1. The van der Waals surface area contributed by atoms with E-state index in [2.05, 4.69) is 4.74 Å². The van der Waals surface area contributed by atoms with Gasteiger partial charge in [-0.25, -0.2) is 0 Å². The van der Waals surface area contributed by atoms with Gasteiger partial charge in [-0.2, -0.15) is 0 Å². The number of nitrogens with zero attached hydrogens (tertiary/aromatic N) is 1. The Bertz CT molecular complexity index is 258. The molecule has 0 amide bonds.